The summed E-state index contributed by atoms with van der Waals surface area (Å²) in [6.45, 7) is 0.668. The number of carbonyl (C=O) groups is 2. The first-order valence-electron chi connectivity index (χ1n) is 9.84. The number of esters is 1. The smallest absolute Gasteiger partial charge is 0.475 e. The number of carbonyl (C=O) groups excluding carboxylic acids is 1. The van der Waals surface area contributed by atoms with Crippen LogP contribution in [-0.2, 0) is 31.5 Å². The number of H-pyrrole nitrogens is 1. The Hall–Kier alpha value is -2.71. The van der Waals surface area contributed by atoms with Crippen molar-refractivity contribution in [3.63, 3.8) is 0 Å². The number of carboxylic acid groups (broad SMARTS) is 1. The molecule has 1 aromatic heterocycles. The predicted molar refractivity (Wildman–Crippen MR) is 125 cm³/mol. The monoisotopic (exact) mass is 525 g/mol. The summed E-state index contributed by atoms with van der Waals surface area (Å²) in [6, 6.07) is 4.84. The van der Waals surface area contributed by atoms with E-state index < -0.39 is 35.0 Å². The molecule has 14 heteroatoms. The van der Waals surface area contributed by atoms with Gasteiger partial charge in [0.05, 0.1) is 7.11 Å². The number of aliphatic carboxylic acids is 1. The SMILES string of the molecule is COC(=O)C(N)Cc1c[nH]c2ccc(OC(=S)NCCCCS(C)=O)cc12.O=C(O)C(F)(F)F. The molecule has 34 heavy (non-hydrogen) atoms. The van der Waals surface area contributed by atoms with E-state index in [2.05, 4.69) is 15.0 Å². The fraction of sp³-hybridized carbons (Fsp3) is 0.450. The summed E-state index contributed by atoms with van der Waals surface area (Å²) in [5, 5.41) is 11.4. The average molecular weight is 526 g/mol. The minimum absolute atomic E-state index is 0.287. The van der Waals surface area contributed by atoms with Gasteiger partial charge < -0.3 is 30.6 Å². The van der Waals surface area contributed by atoms with Crippen LogP contribution >= 0.6 is 12.2 Å². The van der Waals surface area contributed by atoms with Crippen molar-refractivity contribution in [2.24, 2.45) is 5.73 Å². The number of ether oxygens (including phenoxy) is 2. The number of halogens is 3. The van der Waals surface area contributed by atoms with Gasteiger partial charge in [-0.25, -0.2) is 4.79 Å². The molecule has 2 aromatic rings. The molecule has 190 valence electrons. The molecule has 0 saturated carbocycles. The van der Waals surface area contributed by atoms with Gasteiger partial charge in [-0.15, -0.1) is 0 Å². The number of hydrogen-bond acceptors (Lipinski definition) is 7. The predicted octanol–water partition coefficient (Wildman–Crippen LogP) is 2.26. The maximum absolute atomic E-state index is 11.5. The fourth-order valence-electron chi connectivity index (χ4n) is 2.63. The number of carboxylic acids is 1. The number of aromatic nitrogens is 1. The normalized spacial score (nSPS) is 12.8. The van der Waals surface area contributed by atoms with Crippen LogP contribution < -0.4 is 15.8 Å². The van der Waals surface area contributed by atoms with Gasteiger partial charge in [-0.2, -0.15) is 13.2 Å². The number of methoxy groups -OCH3 is 1. The number of nitrogens with one attached hydrogen (secondary N) is 2. The van der Waals surface area contributed by atoms with Crippen LogP contribution in [0.25, 0.3) is 10.9 Å². The van der Waals surface area contributed by atoms with E-state index in [1.165, 1.54) is 7.11 Å². The summed E-state index contributed by atoms with van der Waals surface area (Å²) in [6.07, 6.45) is 0.543. The van der Waals surface area contributed by atoms with Crippen molar-refractivity contribution >= 4 is 51.0 Å². The molecule has 5 N–H and O–H groups in total. The molecule has 1 heterocycles. The summed E-state index contributed by atoms with van der Waals surface area (Å²) in [7, 11) is 0.554. The maximum Gasteiger partial charge on any atom is 0.490 e. The fourth-order valence-corrected chi connectivity index (χ4v) is 3.43. The van der Waals surface area contributed by atoms with Crippen LogP contribution in [0, 0.1) is 0 Å². The van der Waals surface area contributed by atoms with Crippen molar-refractivity contribution in [1.82, 2.24) is 10.3 Å². The van der Waals surface area contributed by atoms with E-state index in [9.17, 15) is 22.2 Å². The first-order valence-corrected chi connectivity index (χ1v) is 12.0. The van der Waals surface area contributed by atoms with Crippen molar-refractivity contribution in [1.29, 1.82) is 0 Å². The third-order valence-corrected chi connectivity index (χ3v) is 5.35. The molecule has 0 radical (unpaired) electrons. The van der Waals surface area contributed by atoms with Gasteiger partial charge in [-0.1, -0.05) is 0 Å². The molecule has 0 spiro atoms. The third-order valence-electron chi connectivity index (χ3n) is 4.26. The lowest BCUT2D eigenvalue weighted by Crippen LogP contribution is -2.33. The largest absolute Gasteiger partial charge is 0.490 e. The topological polar surface area (TPSA) is 144 Å². The Morgan fingerprint density at radius 3 is 2.53 bits per heavy atom. The number of rotatable bonds is 9. The molecule has 1 aromatic carbocycles. The zero-order valence-electron chi connectivity index (χ0n) is 18.4. The van der Waals surface area contributed by atoms with Crippen molar-refractivity contribution < 1.29 is 41.5 Å². The van der Waals surface area contributed by atoms with Crippen molar-refractivity contribution in [3.8, 4) is 5.75 Å². The van der Waals surface area contributed by atoms with E-state index in [4.69, 9.17) is 32.6 Å². The molecule has 0 fully saturated rings. The van der Waals surface area contributed by atoms with Crippen molar-refractivity contribution in [2.45, 2.75) is 31.5 Å². The summed E-state index contributed by atoms with van der Waals surface area (Å²) in [5.74, 6) is -1.92. The van der Waals surface area contributed by atoms with Gasteiger partial charge in [0.15, 0.2) is 0 Å². The Morgan fingerprint density at radius 2 is 1.97 bits per heavy atom. The van der Waals surface area contributed by atoms with Crippen LogP contribution in [0.3, 0.4) is 0 Å². The molecule has 0 aliphatic heterocycles. The van der Waals surface area contributed by atoms with Crippen molar-refractivity contribution in [2.75, 3.05) is 25.7 Å². The Morgan fingerprint density at radius 1 is 1.32 bits per heavy atom. The molecule has 2 atom stereocenters. The second kappa shape index (κ2) is 13.9. The second-order valence-electron chi connectivity index (χ2n) is 6.96. The third kappa shape index (κ3) is 10.5. The molecule has 0 amide bonds. The highest BCUT2D eigenvalue weighted by Crippen LogP contribution is 2.25. The summed E-state index contributed by atoms with van der Waals surface area (Å²) in [4.78, 5) is 23.6. The maximum atomic E-state index is 11.5. The molecular weight excluding hydrogens is 499 g/mol. The van der Waals surface area contributed by atoms with Crippen LogP contribution in [0.4, 0.5) is 13.2 Å². The lowest BCUT2D eigenvalue weighted by atomic mass is 10.1. The molecule has 0 aliphatic carbocycles. The molecule has 0 aliphatic rings. The number of unbranched alkanes of at least 4 members (excludes halogenated alkanes) is 1. The van der Waals surface area contributed by atoms with E-state index >= 15 is 0 Å². The standard InChI is InChI=1S/C18H25N3O4S2.C2HF3O2/c1-24-17(22)15(19)9-12-11-21-16-6-5-13(10-14(12)16)25-18(26)20-7-3-4-8-27(2)23;3-2(4,5)1(6)7/h5-6,10-11,15,21H,3-4,7-9,19H2,1-2H3,(H,20,26);(H,6,7). The van der Waals surface area contributed by atoms with Gasteiger partial charge >= 0.3 is 18.1 Å². The molecule has 0 saturated heterocycles. The number of benzene rings is 1. The number of nitrogens with two attached hydrogens (primary N) is 1. The summed E-state index contributed by atoms with van der Waals surface area (Å²) < 4.78 is 53.1. The number of aromatic amines is 1. The van der Waals surface area contributed by atoms with E-state index in [0.717, 1.165) is 29.3 Å². The number of hydrogen-bond donors (Lipinski definition) is 4. The highest BCUT2D eigenvalue weighted by atomic mass is 32.2. The first-order chi connectivity index (χ1) is 15.8. The van der Waals surface area contributed by atoms with Gasteiger partial charge in [0.1, 0.15) is 11.8 Å². The minimum Gasteiger partial charge on any atom is -0.475 e. The van der Waals surface area contributed by atoms with Gasteiger partial charge in [-0.05, 0) is 48.8 Å². The lowest BCUT2D eigenvalue weighted by molar-refractivity contribution is -0.192. The van der Waals surface area contributed by atoms with Crippen LogP contribution in [0.15, 0.2) is 24.4 Å². The van der Waals surface area contributed by atoms with Gasteiger partial charge in [0.25, 0.3) is 5.17 Å². The quantitative estimate of drug-likeness (QED) is 0.220. The van der Waals surface area contributed by atoms with Gasteiger partial charge in [0.2, 0.25) is 0 Å². The zero-order valence-corrected chi connectivity index (χ0v) is 20.1. The Balaban J connectivity index is 0.000000718. The summed E-state index contributed by atoms with van der Waals surface area (Å²) in [5.41, 5.74) is 7.68. The van der Waals surface area contributed by atoms with Gasteiger partial charge in [-0.3, -0.25) is 9.00 Å². The number of alkyl halides is 3. The molecule has 2 unspecified atom stereocenters. The van der Waals surface area contributed by atoms with Crippen LogP contribution in [-0.4, -0.2) is 69.3 Å². The van der Waals surface area contributed by atoms with E-state index in [-0.39, 0.29) is 5.17 Å². The Kier molecular flexibility index (Phi) is 12.0. The van der Waals surface area contributed by atoms with E-state index in [0.29, 0.717) is 24.5 Å². The van der Waals surface area contributed by atoms with Crippen LogP contribution in [0.5, 0.6) is 5.75 Å². The second-order valence-corrected chi connectivity index (χ2v) is 8.88. The number of thiocarbonyl (C=S) groups is 1. The molecule has 9 nitrogen and oxygen atoms in total. The molecular formula is C20H26F3N3O6S2. The van der Waals surface area contributed by atoms with E-state index in [1.54, 1.807) is 6.26 Å². The highest BCUT2D eigenvalue weighted by Gasteiger charge is 2.38. The Labute approximate surface area is 201 Å². The van der Waals surface area contributed by atoms with Crippen LogP contribution in [0.1, 0.15) is 18.4 Å². The van der Waals surface area contributed by atoms with E-state index in [1.807, 2.05) is 24.4 Å². The van der Waals surface area contributed by atoms with Gasteiger partial charge in [0, 0.05) is 52.9 Å². The molecule has 0 bridgehead atoms. The average Bonchev–Trinajstić information content (AvgIpc) is 3.14. The zero-order chi connectivity index (χ0) is 25.9. The Bertz CT molecular complexity index is 1010. The van der Waals surface area contributed by atoms with Crippen molar-refractivity contribution in [3.05, 3.63) is 30.0 Å². The summed E-state index contributed by atoms with van der Waals surface area (Å²) >= 11 is 5.21. The highest BCUT2D eigenvalue weighted by molar-refractivity contribution is 7.84. The minimum atomic E-state index is -5.08. The number of fused-ring (bicyclic) bond motifs is 1. The first kappa shape index (κ1) is 29.3. The molecule has 2 rings (SSSR count). The lowest BCUT2D eigenvalue weighted by Gasteiger charge is -2.10. The van der Waals surface area contributed by atoms with Crippen LogP contribution in [0.2, 0.25) is 0 Å².